The van der Waals surface area contributed by atoms with Crippen LogP contribution in [0.4, 0.5) is 0 Å². The Morgan fingerprint density at radius 1 is 1.21 bits per heavy atom. The summed E-state index contributed by atoms with van der Waals surface area (Å²) in [6, 6.07) is 7.95. The first-order chi connectivity index (χ1) is 13.8. The lowest BCUT2D eigenvalue weighted by Gasteiger charge is -2.30. The third-order valence-corrected chi connectivity index (χ3v) is 5.59. The molecular weight excluding hydrogens is 368 g/mol. The molecule has 0 unspecified atom stereocenters. The Bertz CT molecular complexity index is 782. The van der Waals surface area contributed by atoms with Crippen molar-refractivity contribution in [2.24, 2.45) is 5.73 Å². The van der Waals surface area contributed by atoms with Crippen LogP contribution in [0.2, 0.25) is 0 Å². The molecule has 3 rings (SSSR count). The maximum absolute atomic E-state index is 10.2. The number of nitrogens with zero attached hydrogens (tertiary/aromatic N) is 3. The Labute approximate surface area is 172 Å². The van der Waals surface area contributed by atoms with Crippen LogP contribution in [-0.2, 0) is 18.6 Å². The molecule has 0 amide bonds. The molecule has 2 aromatic rings. The van der Waals surface area contributed by atoms with E-state index in [-0.39, 0.29) is 30.6 Å². The van der Waals surface area contributed by atoms with Crippen LogP contribution in [0.25, 0.3) is 0 Å². The second kappa shape index (κ2) is 9.24. The van der Waals surface area contributed by atoms with Gasteiger partial charge in [0, 0.05) is 25.1 Å². The molecule has 1 aliphatic rings. The summed E-state index contributed by atoms with van der Waals surface area (Å²) in [5.41, 5.74) is 7.31. The highest BCUT2D eigenvalue weighted by atomic mass is 16.5. The summed E-state index contributed by atoms with van der Waals surface area (Å²) < 4.78 is 7.75. The monoisotopic (exact) mass is 402 g/mol. The van der Waals surface area contributed by atoms with Gasteiger partial charge in [-0.1, -0.05) is 32.9 Å². The second-order valence-corrected chi connectivity index (χ2v) is 8.99. The number of nitrogens with two attached hydrogens (primary N) is 1. The summed E-state index contributed by atoms with van der Waals surface area (Å²) in [5.74, 6) is 2.37. The summed E-state index contributed by atoms with van der Waals surface area (Å²) in [4.78, 5) is 4.71. The third kappa shape index (κ3) is 5.56. The molecule has 1 saturated carbocycles. The molecule has 4 N–H and O–H groups in total. The van der Waals surface area contributed by atoms with Gasteiger partial charge in [0.05, 0.1) is 6.10 Å². The maximum Gasteiger partial charge on any atom is 0.188 e. The van der Waals surface area contributed by atoms with Crippen molar-refractivity contribution in [1.29, 1.82) is 0 Å². The van der Waals surface area contributed by atoms with Crippen molar-refractivity contribution in [2.45, 2.75) is 83.1 Å². The van der Waals surface area contributed by atoms with Gasteiger partial charge in [-0.05, 0) is 48.8 Å². The van der Waals surface area contributed by atoms with Gasteiger partial charge in [-0.2, -0.15) is 5.10 Å². The van der Waals surface area contributed by atoms with E-state index in [2.05, 4.69) is 38.0 Å². The van der Waals surface area contributed by atoms with E-state index < -0.39 is 6.10 Å². The van der Waals surface area contributed by atoms with Crippen molar-refractivity contribution in [1.82, 2.24) is 14.8 Å². The molecule has 3 atom stereocenters. The first-order valence-electron chi connectivity index (χ1n) is 10.5. The number of benzene rings is 1. The second-order valence-electron chi connectivity index (χ2n) is 8.99. The highest BCUT2D eigenvalue weighted by molar-refractivity contribution is 5.31. The lowest BCUT2D eigenvalue weighted by molar-refractivity contribution is 0.0954. The third-order valence-electron chi connectivity index (χ3n) is 5.59. The summed E-state index contributed by atoms with van der Waals surface area (Å²) in [5, 5.41) is 24.0. The van der Waals surface area contributed by atoms with Gasteiger partial charge in [0.2, 0.25) is 0 Å². The van der Waals surface area contributed by atoms with Gasteiger partial charge in [-0.25, -0.2) is 9.67 Å². The molecule has 1 aromatic carbocycles. The van der Waals surface area contributed by atoms with Gasteiger partial charge >= 0.3 is 0 Å². The Morgan fingerprint density at radius 3 is 2.55 bits per heavy atom. The van der Waals surface area contributed by atoms with Gasteiger partial charge in [-0.15, -0.1) is 0 Å². The number of ether oxygens (including phenoxy) is 1. The zero-order chi connectivity index (χ0) is 21.0. The molecule has 7 heteroatoms. The van der Waals surface area contributed by atoms with Crippen molar-refractivity contribution in [2.75, 3.05) is 6.61 Å². The summed E-state index contributed by atoms with van der Waals surface area (Å²) >= 11 is 0. The largest absolute Gasteiger partial charge is 0.486 e. The molecule has 1 heterocycles. The van der Waals surface area contributed by atoms with Gasteiger partial charge in [0.25, 0.3) is 0 Å². The number of aromatic nitrogens is 3. The summed E-state index contributed by atoms with van der Waals surface area (Å²) in [7, 11) is 0. The Morgan fingerprint density at radius 2 is 1.93 bits per heavy atom. The standard InChI is InChI=1S/C22H34N4O3/c1-22(2,3)16-6-8-17(9-7-16)29-14-20-24-21(26(25-20)11-4-12-27)15-5-10-18(23)19(28)13-15/h6-9,15,18-19,27-28H,4-5,10-14,23H2,1-3H3/t15-,18+,19+/m0/s1. The molecule has 1 aromatic heterocycles. The van der Waals surface area contributed by atoms with Gasteiger partial charge < -0.3 is 20.7 Å². The summed E-state index contributed by atoms with van der Waals surface area (Å²) in [6.45, 7) is 7.52. The topological polar surface area (TPSA) is 106 Å². The average Bonchev–Trinajstić information content (AvgIpc) is 3.09. The smallest absolute Gasteiger partial charge is 0.188 e. The normalized spacial score (nSPS) is 22.6. The van der Waals surface area contributed by atoms with Crippen molar-refractivity contribution in [3.05, 3.63) is 41.5 Å². The molecule has 0 aliphatic heterocycles. The zero-order valence-corrected chi connectivity index (χ0v) is 17.7. The van der Waals surface area contributed by atoms with E-state index in [1.165, 1.54) is 5.56 Å². The first-order valence-corrected chi connectivity index (χ1v) is 10.5. The highest BCUT2D eigenvalue weighted by Crippen LogP contribution is 2.32. The van der Waals surface area contributed by atoms with Crippen LogP contribution in [0.15, 0.2) is 24.3 Å². The van der Waals surface area contributed by atoms with E-state index in [0.29, 0.717) is 25.2 Å². The summed E-state index contributed by atoms with van der Waals surface area (Å²) in [6.07, 6.45) is 2.33. The number of aryl methyl sites for hydroxylation is 1. The number of aliphatic hydroxyl groups is 2. The van der Waals surface area contributed by atoms with Crippen LogP contribution >= 0.6 is 0 Å². The highest BCUT2D eigenvalue weighted by Gasteiger charge is 2.31. The molecule has 0 saturated heterocycles. The average molecular weight is 403 g/mol. The van der Waals surface area contributed by atoms with E-state index in [0.717, 1.165) is 24.4 Å². The molecule has 0 radical (unpaired) electrons. The van der Waals surface area contributed by atoms with Gasteiger partial charge in [0.15, 0.2) is 5.82 Å². The Balaban J connectivity index is 1.70. The van der Waals surface area contributed by atoms with Crippen LogP contribution < -0.4 is 10.5 Å². The van der Waals surface area contributed by atoms with Gasteiger partial charge in [-0.3, -0.25) is 0 Å². The molecule has 160 valence electrons. The fourth-order valence-corrected chi connectivity index (χ4v) is 3.75. The maximum atomic E-state index is 10.2. The van der Waals surface area contributed by atoms with E-state index in [9.17, 15) is 10.2 Å². The van der Waals surface area contributed by atoms with Crippen LogP contribution in [0.3, 0.4) is 0 Å². The molecule has 1 aliphatic carbocycles. The fraction of sp³-hybridized carbons (Fsp3) is 0.636. The van der Waals surface area contributed by atoms with E-state index in [1.54, 1.807) is 0 Å². The SMILES string of the molecule is CC(C)(C)c1ccc(OCc2nc([C@H]3CC[C@@H](N)[C@H](O)C3)n(CCCO)n2)cc1. The van der Waals surface area contributed by atoms with E-state index >= 15 is 0 Å². The quantitative estimate of drug-likeness (QED) is 0.657. The van der Waals surface area contributed by atoms with Crippen LogP contribution in [0, 0.1) is 0 Å². The minimum atomic E-state index is -0.516. The molecule has 29 heavy (non-hydrogen) atoms. The van der Waals surface area contributed by atoms with Crippen molar-refractivity contribution in [3.63, 3.8) is 0 Å². The van der Waals surface area contributed by atoms with Crippen molar-refractivity contribution < 1.29 is 14.9 Å². The lowest BCUT2D eigenvalue weighted by Crippen LogP contribution is -2.40. The lowest BCUT2D eigenvalue weighted by atomic mass is 9.84. The van der Waals surface area contributed by atoms with Crippen LogP contribution in [0.1, 0.15) is 69.6 Å². The molecule has 0 spiro atoms. The van der Waals surface area contributed by atoms with Crippen LogP contribution in [0.5, 0.6) is 5.75 Å². The number of rotatable bonds is 7. The van der Waals surface area contributed by atoms with Crippen LogP contribution in [-0.4, -0.2) is 43.7 Å². The first kappa shape index (κ1) is 21.7. The number of hydrogen-bond acceptors (Lipinski definition) is 6. The van der Waals surface area contributed by atoms with E-state index in [4.69, 9.17) is 15.5 Å². The minimum Gasteiger partial charge on any atom is -0.486 e. The molecule has 7 nitrogen and oxygen atoms in total. The number of hydrogen-bond donors (Lipinski definition) is 3. The molecular formula is C22H34N4O3. The van der Waals surface area contributed by atoms with E-state index in [1.807, 2.05) is 16.8 Å². The zero-order valence-electron chi connectivity index (χ0n) is 17.7. The predicted octanol–water partition coefficient (Wildman–Crippen LogP) is 2.49. The Kier molecular flexibility index (Phi) is 6.93. The minimum absolute atomic E-state index is 0.101. The molecule has 1 fully saturated rings. The fourth-order valence-electron chi connectivity index (χ4n) is 3.75. The molecule has 0 bridgehead atoms. The predicted molar refractivity (Wildman–Crippen MR) is 112 cm³/mol. The van der Waals surface area contributed by atoms with Gasteiger partial charge in [0.1, 0.15) is 18.2 Å². The van der Waals surface area contributed by atoms with Crippen molar-refractivity contribution >= 4 is 0 Å². The van der Waals surface area contributed by atoms with Crippen molar-refractivity contribution in [3.8, 4) is 5.75 Å². The number of aliphatic hydroxyl groups excluding tert-OH is 2. The Hall–Kier alpha value is -1.96.